The molecule has 0 bridgehead atoms. The van der Waals surface area contributed by atoms with Gasteiger partial charge in [-0.2, -0.15) is 0 Å². The summed E-state index contributed by atoms with van der Waals surface area (Å²) in [6.45, 7) is 0. The summed E-state index contributed by atoms with van der Waals surface area (Å²) in [7, 11) is 0. The number of carbonyl (C=O) groups is 1. The number of hydrogen-bond acceptors (Lipinski definition) is 3. The lowest BCUT2D eigenvalue weighted by atomic mass is 10.1. The number of hydrogen-bond donors (Lipinski definition) is 2. The molecule has 0 aliphatic heterocycles. The van der Waals surface area contributed by atoms with E-state index in [0.29, 0.717) is 5.56 Å². The Kier molecular flexibility index (Phi) is 2.72. The van der Waals surface area contributed by atoms with Gasteiger partial charge in [-0.25, -0.2) is 4.79 Å². The number of phenols is 1. The average Bonchev–Trinajstić information content (AvgIpc) is 2.82. The van der Waals surface area contributed by atoms with E-state index in [-0.39, 0.29) is 5.75 Å². The molecule has 2 aromatic carbocycles. The van der Waals surface area contributed by atoms with Crippen LogP contribution in [0.4, 0.5) is 0 Å². The van der Waals surface area contributed by atoms with Gasteiger partial charge in [-0.15, -0.1) is 11.3 Å². The van der Waals surface area contributed by atoms with Crippen molar-refractivity contribution in [3.05, 3.63) is 54.1 Å². The van der Waals surface area contributed by atoms with Crippen molar-refractivity contribution < 1.29 is 15.0 Å². The topological polar surface area (TPSA) is 57.5 Å². The Bertz CT molecular complexity index is 757. The summed E-state index contributed by atoms with van der Waals surface area (Å²) in [5, 5.41) is 19.3. The molecule has 94 valence electrons. The molecule has 0 unspecified atom stereocenters. The molecule has 19 heavy (non-hydrogen) atoms. The van der Waals surface area contributed by atoms with E-state index in [0.717, 1.165) is 20.5 Å². The van der Waals surface area contributed by atoms with E-state index in [1.165, 1.54) is 0 Å². The van der Waals surface area contributed by atoms with E-state index in [1.807, 2.05) is 24.3 Å². The molecular weight excluding hydrogens is 260 g/mol. The van der Waals surface area contributed by atoms with Crippen LogP contribution in [-0.4, -0.2) is 16.2 Å². The molecule has 2 N–H and O–H groups in total. The number of fused-ring (bicyclic) bond motifs is 1. The van der Waals surface area contributed by atoms with E-state index in [1.54, 1.807) is 35.6 Å². The zero-order valence-corrected chi connectivity index (χ0v) is 10.6. The highest BCUT2D eigenvalue weighted by Gasteiger charge is 2.08. The molecule has 0 aliphatic carbocycles. The summed E-state index contributed by atoms with van der Waals surface area (Å²) in [5.74, 6) is -0.681. The van der Waals surface area contributed by atoms with Gasteiger partial charge in [-0.1, -0.05) is 6.07 Å². The second-order valence-corrected chi connectivity index (χ2v) is 5.30. The first-order valence-corrected chi connectivity index (χ1v) is 6.51. The number of thiophene rings is 1. The van der Waals surface area contributed by atoms with Crippen molar-refractivity contribution in [2.24, 2.45) is 0 Å². The Labute approximate surface area is 113 Å². The van der Waals surface area contributed by atoms with Crippen LogP contribution in [0.2, 0.25) is 0 Å². The molecule has 0 amide bonds. The number of rotatable bonds is 2. The standard InChI is InChI=1S/C15H10O3S/c16-12-5-3-9(4-6-12)13-7-10-1-2-11(15(17)18)8-14(10)19-13/h1-8,16H,(H,17,18). The fraction of sp³-hybridized carbons (Fsp3) is 0. The number of aromatic hydroxyl groups is 1. The zero-order chi connectivity index (χ0) is 13.4. The van der Waals surface area contributed by atoms with Gasteiger partial charge in [0.2, 0.25) is 0 Å². The van der Waals surface area contributed by atoms with Crippen molar-refractivity contribution in [1.82, 2.24) is 0 Å². The maximum Gasteiger partial charge on any atom is 0.335 e. The van der Waals surface area contributed by atoms with Gasteiger partial charge < -0.3 is 10.2 Å². The lowest BCUT2D eigenvalue weighted by Crippen LogP contribution is -1.94. The van der Waals surface area contributed by atoms with E-state index in [4.69, 9.17) is 5.11 Å². The van der Waals surface area contributed by atoms with Gasteiger partial charge in [0.15, 0.2) is 0 Å². The van der Waals surface area contributed by atoms with Gasteiger partial charge in [0.25, 0.3) is 0 Å². The molecule has 0 saturated heterocycles. The summed E-state index contributed by atoms with van der Waals surface area (Å²) >= 11 is 1.54. The molecule has 0 spiro atoms. The quantitative estimate of drug-likeness (QED) is 0.740. The van der Waals surface area contributed by atoms with E-state index < -0.39 is 5.97 Å². The second kappa shape index (κ2) is 4.40. The molecule has 0 saturated carbocycles. The molecule has 0 atom stereocenters. The predicted octanol–water partition coefficient (Wildman–Crippen LogP) is 3.97. The van der Waals surface area contributed by atoms with E-state index in [2.05, 4.69) is 0 Å². The van der Waals surface area contributed by atoms with Crippen molar-refractivity contribution in [3.8, 4) is 16.2 Å². The van der Waals surface area contributed by atoms with Gasteiger partial charge >= 0.3 is 5.97 Å². The van der Waals surface area contributed by atoms with Gasteiger partial charge in [0.1, 0.15) is 5.75 Å². The Balaban J connectivity index is 2.11. The van der Waals surface area contributed by atoms with Crippen LogP contribution in [0, 0.1) is 0 Å². The molecule has 4 heteroatoms. The van der Waals surface area contributed by atoms with Crippen LogP contribution in [0.25, 0.3) is 20.5 Å². The third-order valence-electron chi connectivity index (χ3n) is 2.92. The molecule has 0 aliphatic rings. The average molecular weight is 270 g/mol. The zero-order valence-electron chi connectivity index (χ0n) is 9.83. The van der Waals surface area contributed by atoms with Crippen LogP contribution < -0.4 is 0 Å². The fourth-order valence-corrected chi connectivity index (χ4v) is 3.04. The molecule has 3 nitrogen and oxygen atoms in total. The Morgan fingerprint density at radius 2 is 1.74 bits per heavy atom. The van der Waals surface area contributed by atoms with Gasteiger partial charge in [0.05, 0.1) is 5.56 Å². The minimum absolute atomic E-state index is 0.234. The number of phenolic OH excluding ortho intramolecular Hbond substituents is 1. The van der Waals surface area contributed by atoms with Crippen LogP contribution in [0.1, 0.15) is 10.4 Å². The molecule has 3 aromatic rings. The van der Waals surface area contributed by atoms with Gasteiger partial charge in [-0.3, -0.25) is 0 Å². The summed E-state index contributed by atoms with van der Waals surface area (Å²) in [6.07, 6.45) is 0. The second-order valence-electron chi connectivity index (χ2n) is 4.22. The monoisotopic (exact) mass is 270 g/mol. The van der Waals surface area contributed by atoms with Crippen molar-refractivity contribution in [2.45, 2.75) is 0 Å². The molecular formula is C15H10O3S. The summed E-state index contributed by atoms with van der Waals surface area (Å²) < 4.78 is 0.947. The van der Waals surface area contributed by atoms with E-state index >= 15 is 0 Å². The number of carboxylic acids is 1. The highest BCUT2D eigenvalue weighted by atomic mass is 32.1. The maximum absolute atomic E-state index is 10.9. The van der Waals surface area contributed by atoms with Crippen molar-refractivity contribution in [3.63, 3.8) is 0 Å². The fourth-order valence-electron chi connectivity index (χ4n) is 1.93. The van der Waals surface area contributed by atoms with Crippen LogP contribution in [0.3, 0.4) is 0 Å². The van der Waals surface area contributed by atoms with Gasteiger partial charge in [0, 0.05) is 9.58 Å². The van der Waals surface area contributed by atoms with E-state index in [9.17, 15) is 9.90 Å². The largest absolute Gasteiger partial charge is 0.508 e. The van der Waals surface area contributed by atoms with Crippen molar-refractivity contribution in [1.29, 1.82) is 0 Å². The first kappa shape index (κ1) is 11.7. The summed E-state index contributed by atoms with van der Waals surface area (Å²) in [6, 6.07) is 14.1. The number of carboxylic acid groups (broad SMARTS) is 1. The molecule has 0 radical (unpaired) electrons. The smallest absolute Gasteiger partial charge is 0.335 e. The Morgan fingerprint density at radius 1 is 1.00 bits per heavy atom. The number of aromatic carboxylic acids is 1. The molecule has 1 heterocycles. The van der Waals surface area contributed by atoms with Crippen molar-refractivity contribution >= 4 is 27.4 Å². The lowest BCUT2D eigenvalue weighted by Gasteiger charge is -1.96. The maximum atomic E-state index is 10.9. The summed E-state index contributed by atoms with van der Waals surface area (Å²) in [5.41, 5.74) is 1.31. The molecule has 0 fully saturated rings. The third-order valence-corrected chi connectivity index (χ3v) is 4.07. The Hall–Kier alpha value is -2.33. The third kappa shape index (κ3) is 2.18. The van der Waals surface area contributed by atoms with Crippen LogP contribution in [-0.2, 0) is 0 Å². The Morgan fingerprint density at radius 3 is 2.42 bits per heavy atom. The minimum atomic E-state index is -0.915. The first-order chi connectivity index (χ1) is 9.13. The normalized spacial score (nSPS) is 10.7. The van der Waals surface area contributed by atoms with Crippen molar-refractivity contribution in [2.75, 3.05) is 0 Å². The highest BCUT2D eigenvalue weighted by molar-refractivity contribution is 7.22. The first-order valence-electron chi connectivity index (χ1n) is 5.70. The van der Waals surface area contributed by atoms with Crippen LogP contribution >= 0.6 is 11.3 Å². The summed E-state index contributed by atoms with van der Waals surface area (Å²) in [4.78, 5) is 12.0. The van der Waals surface area contributed by atoms with Crippen LogP contribution in [0.5, 0.6) is 5.75 Å². The van der Waals surface area contributed by atoms with Gasteiger partial charge in [-0.05, 0) is 53.4 Å². The predicted molar refractivity (Wildman–Crippen MR) is 75.9 cm³/mol. The highest BCUT2D eigenvalue weighted by Crippen LogP contribution is 2.34. The number of benzene rings is 2. The molecule has 1 aromatic heterocycles. The minimum Gasteiger partial charge on any atom is -0.508 e. The molecule has 3 rings (SSSR count). The lowest BCUT2D eigenvalue weighted by molar-refractivity contribution is 0.0697. The SMILES string of the molecule is O=C(O)c1ccc2cc(-c3ccc(O)cc3)sc2c1. The van der Waals surface area contributed by atoms with Crippen LogP contribution in [0.15, 0.2) is 48.5 Å².